The second kappa shape index (κ2) is 4.08. The normalized spacial score (nSPS) is 19.8. The van der Waals surface area contributed by atoms with E-state index in [1.54, 1.807) is 17.0 Å². The van der Waals surface area contributed by atoms with Gasteiger partial charge in [-0.3, -0.25) is 9.69 Å². The largest absolute Gasteiger partial charge is 0.327 e. The van der Waals surface area contributed by atoms with Crippen LogP contribution in [0.5, 0.6) is 0 Å². The molecule has 1 aromatic carbocycles. The number of nitrogens with zero attached hydrogens (tertiary/aromatic N) is 2. The van der Waals surface area contributed by atoms with Gasteiger partial charge in [0, 0.05) is 6.04 Å². The third-order valence-corrected chi connectivity index (χ3v) is 3.32. The summed E-state index contributed by atoms with van der Waals surface area (Å²) in [4.78, 5) is 26.7. The Morgan fingerprint density at radius 2 is 1.83 bits per heavy atom. The summed E-state index contributed by atoms with van der Waals surface area (Å²) in [7, 11) is 0. The van der Waals surface area contributed by atoms with Crippen molar-refractivity contribution < 1.29 is 14.0 Å². The lowest BCUT2D eigenvalue weighted by Crippen LogP contribution is -2.33. The topological polar surface area (TPSA) is 40.6 Å². The molecule has 0 spiro atoms. The van der Waals surface area contributed by atoms with Crippen molar-refractivity contribution in [2.75, 3.05) is 6.54 Å². The maximum absolute atomic E-state index is 12.8. The molecule has 3 amide bonds. The molecule has 1 saturated heterocycles. The summed E-state index contributed by atoms with van der Waals surface area (Å²) in [6, 6.07) is 5.88. The molecule has 1 saturated carbocycles. The van der Waals surface area contributed by atoms with Crippen molar-refractivity contribution in [2.24, 2.45) is 0 Å². The lowest BCUT2D eigenvalue weighted by atomic mass is 10.2. The number of carbonyl (C=O) groups is 2. The quantitative estimate of drug-likeness (QED) is 0.765. The van der Waals surface area contributed by atoms with Crippen LogP contribution in [-0.4, -0.2) is 34.3 Å². The Labute approximate surface area is 104 Å². The molecule has 0 N–H and O–H groups in total. The number of halogens is 1. The van der Waals surface area contributed by atoms with E-state index in [1.807, 2.05) is 0 Å². The van der Waals surface area contributed by atoms with E-state index in [9.17, 15) is 14.0 Å². The fourth-order valence-corrected chi connectivity index (χ4v) is 2.16. The first-order valence-corrected chi connectivity index (χ1v) is 6.00. The van der Waals surface area contributed by atoms with Gasteiger partial charge in [-0.25, -0.2) is 9.18 Å². The molecule has 18 heavy (non-hydrogen) atoms. The van der Waals surface area contributed by atoms with Gasteiger partial charge in [-0.1, -0.05) is 12.1 Å². The SMILES string of the molecule is O=C1CN(C2CC2)C(=O)N1Cc1ccc(F)cc1. The van der Waals surface area contributed by atoms with Crippen LogP contribution in [0.1, 0.15) is 18.4 Å². The molecule has 0 aromatic heterocycles. The first kappa shape index (κ1) is 11.2. The van der Waals surface area contributed by atoms with Crippen LogP contribution in [0.2, 0.25) is 0 Å². The molecule has 2 aliphatic rings. The molecule has 1 aliphatic heterocycles. The van der Waals surface area contributed by atoms with Crippen LogP contribution in [0.4, 0.5) is 9.18 Å². The Morgan fingerprint density at radius 1 is 1.17 bits per heavy atom. The average molecular weight is 248 g/mol. The van der Waals surface area contributed by atoms with Crippen LogP contribution in [0, 0.1) is 5.82 Å². The third-order valence-electron chi connectivity index (χ3n) is 3.32. The average Bonchev–Trinajstić information content (AvgIpc) is 3.14. The van der Waals surface area contributed by atoms with Gasteiger partial charge in [0.1, 0.15) is 12.4 Å². The number of hydrogen-bond acceptors (Lipinski definition) is 2. The van der Waals surface area contributed by atoms with Crippen LogP contribution < -0.4 is 0 Å². The van der Waals surface area contributed by atoms with Gasteiger partial charge in [-0.15, -0.1) is 0 Å². The standard InChI is InChI=1S/C13H13FN2O2/c14-10-3-1-9(2-4-10)7-16-12(17)8-15(13(16)18)11-5-6-11/h1-4,11H,5-8H2. The smallest absolute Gasteiger partial charge is 0.312 e. The highest BCUT2D eigenvalue weighted by atomic mass is 19.1. The van der Waals surface area contributed by atoms with Crippen LogP contribution in [0.3, 0.4) is 0 Å². The Hall–Kier alpha value is -1.91. The zero-order chi connectivity index (χ0) is 12.7. The van der Waals surface area contributed by atoms with Crippen molar-refractivity contribution in [1.82, 2.24) is 9.80 Å². The first-order chi connectivity index (χ1) is 8.65. The number of urea groups is 1. The first-order valence-electron chi connectivity index (χ1n) is 6.00. The van der Waals surface area contributed by atoms with Crippen LogP contribution >= 0.6 is 0 Å². The van der Waals surface area contributed by atoms with Crippen molar-refractivity contribution in [1.29, 1.82) is 0 Å². The summed E-state index contributed by atoms with van der Waals surface area (Å²) in [6.45, 7) is 0.409. The zero-order valence-corrected chi connectivity index (χ0v) is 9.80. The van der Waals surface area contributed by atoms with Gasteiger partial charge in [0.15, 0.2) is 0 Å². The number of hydrogen-bond donors (Lipinski definition) is 0. The molecule has 0 unspecified atom stereocenters. The number of imide groups is 1. The minimum Gasteiger partial charge on any atom is -0.312 e. The molecule has 94 valence electrons. The molecule has 4 nitrogen and oxygen atoms in total. The fourth-order valence-electron chi connectivity index (χ4n) is 2.16. The minimum absolute atomic E-state index is 0.170. The minimum atomic E-state index is -0.322. The summed E-state index contributed by atoms with van der Waals surface area (Å²) in [6.07, 6.45) is 1.98. The van der Waals surface area contributed by atoms with Gasteiger partial charge in [-0.2, -0.15) is 0 Å². The van der Waals surface area contributed by atoms with E-state index >= 15 is 0 Å². The lowest BCUT2D eigenvalue weighted by molar-refractivity contribution is -0.125. The van der Waals surface area contributed by atoms with Gasteiger partial charge in [0.2, 0.25) is 0 Å². The van der Waals surface area contributed by atoms with E-state index in [0.717, 1.165) is 18.4 Å². The van der Waals surface area contributed by atoms with Gasteiger partial charge in [0.25, 0.3) is 5.91 Å². The van der Waals surface area contributed by atoms with Crippen molar-refractivity contribution in [3.05, 3.63) is 35.6 Å². The van der Waals surface area contributed by atoms with Gasteiger partial charge >= 0.3 is 6.03 Å². The molecule has 1 aromatic rings. The molecule has 0 atom stereocenters. The number of carbonyl (C=O) groups excluding carboxylic acids is 2. The molecule has 2 fully saturated rings. The molecule has 0 radical (unpaired) electrons. The molecule has 1 aliphatic carbocycles. The molecule has 0 bridgehead atoms. The van der Waals surface area contributed by atoms with Gasteiger partial charge in [-0.05, 0) is 30.5 Å². The predicted molar refractivity (Wildman–Crippen MR) is 62.1 cm³/mol. The summed E-state index contributed by atoms with van der Waals surface area (Å²) in [5.74, 6) is -0.492. The van der Waals surface area contributed by atoms with E-state index in [2.05, 4.69) is 0 Å². The Bertz CT molecular complexity index is 496. The van der Waals surface area contributed by atoms with E-state index in [-0.39, 0.29) is 36.9 Å². The monoisotopic (exact) mass is 248 g/mol. The maximum atomic E-state index is 12.8. The van der Waals surface area contributed by atoms with Gasteiger partial charge in [0.05, 0.1) is 6.54 Å². The second-order valence-electron chi connectivity index (χ2n) is 4.75. The molecular formula is C13H13FN2O2. The molecule has 1 heterocycles. The third kappa shape index (κ3) is 1.96. The number of rotatable bonds is 3. The Balaban J connectivity index is 1.74. The highest BCUT2D eigenvalue weighted by molar-refractivity contribution is 6.02. The van der Waals surface area contributed by atoms with E-state index in [4.69, 9.17) is 0 Å². The number of benzene rings is 1. The molecular weight excluding hydrogens is 235 g/mol. The highest BCUT2D eigenvalue weighted by Crippen LogP contribution is 2.30. The lowest BCUT2D eigenvalue weighted by Gasteiger charge is -2.16. The van der Waals surface area contributed by atoms with Crippen LogP contribution in [0.15, 0.2) is 24.3 Å². The van der Waals surface area contributed by atoms with Crippen molar-refractivity contribution >= 4 is 11.9 Å². The highest BCUT2D eigenvalue weighted by Gasteiger charge is 2.43. The second-order valence-corrected chi connectivity index (χ2v) is 4.75. The van der Waals surface area contributed by atoms with E-state index in [0.29, 0.717) is 0 Å². The van der Waals surface area contributed by atoms with Gasteiger partial charge < -0.3 is 4.90 Å². The summed E-state index contributed by atoms with van der Waals surface area (Å²) >= 11 is 0. The molecule has 5 heteroatoms. The zero-order valence-electron chi connectivity index (χ0n) is 9.80. The van der Waals surface area contributed by atoms with Crippen molar-refractivity contribution in [3.8, 4) is 0 Å². The van der Waals surface area contributed by atoms with E-state index < -0.39 is 0 Å². The Morgan fingerprint density at radius 3 is 2.44 bits per heavy atom. The van der Waals surface area contributed by atoms with Crippen molar-refractivity contribution in [3.63, 3.8) is 0 Å². The van der Waals surface area contributed by atoms with Crippen LogP contribution in [0.25, 0.3) is 0 Å². The summed E-state index contributed by atoms with van der Waals surface area (Å²) < 4.78 is 12.8. The predicted octanol–water partition coefficient (Wildman–Crippen LogP) is 1.75. The van der Waals surface area contributed by atoms with Crippen LogP contribution in [-0.2, 0) is 11.3 Å². The summed E-state index contributed by atoms with van der Waals surface area (Å²) in [5.41, 5.74) is 0.760. The molecule has 3 rings (SSSR count). The number of amides is 3. The fraction of sp³-hybridized carbons (Fsp3) is 0.385. The van der Waals surface area contributed by atoms with E-state index in [1.165, 1.54) is 17.0 Å². The van der Waals surface area contributed by atoms with Crippen molar-refractivity contribution in [2.45, 2.75) is 25.4 Å². The maximum Gasteiger partial charge on any atom is 0.327 e. The summed E-state index contributed by atoms with van der Waals surface area (Å²) in [5, 5.41) is 0. The Kier molecular flexibility index (Phi) is 2.54.